The van der Waals surface area contributed by atoms with Crippen molar-refractivity contribution in [2.75, 3.05) is 13.7 Å². The number of carbonyl (C=O) groups is 1. The van der Waals surface area contributed by atoms with E-state index in [2.05, 4.69) is 10.3 Å². The van der Waals surface area contributed by atoms with Gasteiger partial charge in [-0.15, -0.1) is 11.3 Å². The minimum atomic E-state index is -3.97. The summed E-state index contributed by atoms with van der Waals surface area (Å²) >= 11 is 1.54. The molecule has 36 heavy (non-hydrogen) atoms. The van der Waals surface area contributed by atoms with Gasteiger partial charge in [0.1, 0.15) is 0 Å². The lowest BCUT2D eigenvalue weighted by Gasteiger charge is -2.10. The lowest BCUT2D eigenvalue weighted by molar-refractivity contribution is -0.120. The zero-order chi connectivity index (χ0) is 25.9. The summed E-state index contributed by atoms with van der Waals surface area (Å²) in [6.45, 7) is 4.03. The summed E-state index contributed by atoms with van der Waals surface area (Å²) in [4.78, 5) is 16.2. The Morgan fingerprint density at radius 3 is 2.58 bits per heavy atom. The van der Waals surface area contributed by atoms with E-state index >= 15 is 4.39 Å². The third kappa shape index (κ3) is 5.60. The smallest absolute Gasteiger partial charge is 0.268 e. The maximum atomic E-state index is 15.1. The highest BCUT2D eigenvalue weighted by Gasteiger charge is 2.23. The van der Waals surface area contributed by atoms with Gasteiger partial charge in [-0.2, -0.15) is 0 Å². The number of ether oxygens (including phenoxy) is 1. The van der Waals surface area contributed by atoms with Crippen LogP contribution in [0.1, 0.15) is 34.7 Å². The number of hydrogen-bond acceptors (Lipinski definition) is 6. The van der Waals surface area contributed by atoms with Gasteiger partial charge >= 0.3 is 0 Å². The second-order valence-corrected chi connectivity index (χ2v) is 11.4. The van der Waals surface area contributed by atoms with E-state index in [0.717, 1.165) is 20.2 Å². The number of carbonyl (C=O) groups excluding carboxylic acids is 1. The first-order valence-electron chi connectivity index (χ1n) is 11.6. The molecule has 0 aliphatic heterocycles. The van der Waals surface area contributed by atoms with Crippen molar-refractivity contribution < 1.29 is 22.3 Å². The molecule has 2 aromatic carbocycles. The molecule has 0 spiro atoms. The highest BCUT2D eigenvalue weighted by molar-refractivity contribution is 7.90. The molecular formula is C26H28FN3O4S2. The molecule has 0 fully saturated rings. The van der Waals surface area contributed by atoms with E-state index in [1.54, 1.807) is 36.6 Å². The number of rotatable bonds is 10. The van der Waals surface area contributed by atoms with Crippen molar-refractivity contribution in [1.82, 2.24) is 14.3 Å². The predicted molar refractivity (Wildman–Crippen MR) is 139 cm³/mol. The summed E-state index contributed by atoms with van der Waals surface area (Å²) in [5.41, 5.74) is 2.74. The fraction of sp³-hybridized carbons (Fsp3) is 0.308. The fourth-order valence-corrected chi connectivity index (χ4v) is 5.98. The van der Waals surface area contributed by atoms with Gasteiger partial charge in [0.25, 0.3) is 10.0 Å². The first kappa shape index (κ1) is 25.8. The molecule has 2 heterocycles. The second kappa shape index (κ2) is 10.8. The summed E-state index contributed by atoms with van der Waals surface area (Å²) < 4.78 is 48.9. The van der Waals surface area contributed by atoms with Gasteiger partial charge in [0, 0.05) is 42.9 Å². The number of nitrogens with zero attached hydrogens (tertiary/aromatic N) is 2. The fourth-order valence-electron chi connectivity index (χ4n) is 3.95. The van der Waals surface area contributed by atoms with Gasteiger partial charge in [-0.1, -0.05) is 17.7 Å². The molecule has 2 aromatic heterocycles. The SMILES string of the molecule is CNC(=O)CCCc1cn(S(=O)(=O)c2ccc(C)cc2)c2cc(F)c(OCCc3csc(C)n3)cc12. The van der Waals surface area contributed by atoms with Gasteiger partial charge in [-0.3, -0.25) is 4.79 Å². The minimum Gasteiger partial charge on any atom is -0.490 e. The van der Waals surface area contributed by atoms with Crippen LogP contribution in [0.2, 0.25) is 0 Å². The van der Waals surface area contributed by atoms with Gasteiger partial charge in [0.15, 0.2) is 11.6 Å². The average Bonchev–Trinajstić information content (AvgIpc) is 3.42. The van der Waals surface area contributed by atoms with Gasteiger partial charge < -0.3 is 10.1 Å². The first-order chi connectivity index (χ1) is 17.2. The van der Waals surface area contributed by atoms with E-state index in [0.29, 0.717) is 36.6 Å². The Bertz CT molecular complexity index is 1490. The Morgan fingerprint density at radius 1 is 1.17 bits per heavy atom. The van der Waals surface area contributed by atoms with Gasteiger partial charge in [-0.05, 0) is 50.5 Å². The Morgan fingerprint density at radius 2 is 1.92 bits per heavy atom. The molecule has 0 aliphatic carbocycles. The number of benzene rings is 2. The number of amides is 1. The van der Waals surface area contributed by atoms with Crippen molar-refractivity contribution in [2.45, 2.75) is 44.4 Å². The number of thiazole rings is 1. The molecule has 0 saturated carbocycles. The standard InChI is InChI=1S/C26H28FN3O4S2/c1-17-7-9-21(10-8-17)36(32,33)30-15-19(5-4-6-26(31)28-3)22-13-25(23(27)14-24(22)30)34-12-11-20-16-35-18(2)29-20/h7-10,13-16H,4-6,11-12H2,1-3H3,(H,28,31). The number of aromatic nitrogens is 2. The van der Waals surface area contributed by atoms with Gasteiger partial charge in [0.05, 0.1) is 27.7 Å². The highest BCUT2D eigenvalue weighted by Crippen LogP contribution is 2.32. The van der Waals surface area contributed by atoms with Crippen molar-refractivity contribution in [3.63, 3.8) is 0 Å². The summed E-state index contributed by atoms with van der Waals surface area (Å²) in [6, 6.07) is 9.27. The van der Waals surface area contributed by atoms with Crippen LogP contribution in [0.15, 0.2) is 52.9 Å². The summed E-state index contributed by atoms with van der Waals surface area (Å²) in [5, 5.41) is 6.05. The quantitative estimate of drug-likeness (QED) is 0.319. The lowest BCUT2D eigenvalue weighted by Crippen LogP contribution is -2.17. The molecule has 0 aliphatic rings. The van der Waals surface area contributed by atoms with Gasteiger partial charge in [-0.25, -0.2) is 21.8 Å². The van der Waals surface area contributed by atoms with E-state index in [4.69, 9.17) is 4.74 Å². The van der Waals surface area contributed by atoms with Crippen molar-refractivity contribution in [1.29, 1.82) is 0 Å². The Labute approximate surface area is 214 Å². The van der Waals surface area contributed by atoms with Crippen molar-refractivity contribution in [3.8, 4) is 5.75 Å². The molecule has 190 valence electrons. The van der Waals surface area contributed by atoms with Crippen LogP contribution >= 0.6 is 11.3 Å². The van der Waals surface area contributed by atoms with Crippen LogP contribution in [0.3, 0.4) is 0 Å². The molecule has 10 heteroatoms. The largest absolute Gasteiger partial charge is 0.490 e. The third-order valence-corrected chi connectivity index (χ3v) is 8.41. The number of hydrogen-bond donors (Lipinski definition) is 1. The Hall–Kier alpha value is -3.24. The number of halogens is 1. The molecule has 0 atom stereocenters. The molecule has 4 rings (SSSR count). The van der Waals surface area contributed by atoms with Crippen molar-refractivity contribution in [3.05, 3.63) is 75.6 Å². The molecule has 0 saturated heterocycles. The van der Waals surface area contributed by atoms with Crippen LogP contribution in [0.25, 0.3) is 10.9 Å². The summed E-state index contributed by atoms with van der Waals surface area (Å²) in [7, 11) is -2.39. The van der Waals surface area contributed by atoms with Crippen molar-refractivity contribution in [2.24, 2.45) is 0 Å². The van der Waals surface area contributed by atoms with Crippen LogP contribution in [0.4, 0.5) is 4.39 Å². The maximum absolute atomic E-state index is 15.1. The van der Waals surface area contributed by atoms with Crippen molar-refractivity contribution >= 4 is 38.2 Å². The Kier molecular flexibility index (Phi) is 7.75. The molecule has 0 bridgehead atoms. The molecule has 1 N–H and O–H groups in total. The molecule has 0 radical (unpaired) electrons. The molecule has 0 unspecified atom stereocenters. The van der Waals surface area contributed by atoms with E-state index < -0.39 is 15.8 Å². The van der Waals surface area contributed by atoms with Crippen LogP contribution in [-0.2, 0) is 27.7 Å². The summed E-state index contributed by atoms with van der Waals surface area (Å²) in [5.74, 6) is -0.696. The molecule has 7 nitrogen and oxygen atoms in total. The highest BCUT2D eigenvalue weighted by atomic mass is 32.2. The number of fused-ring (bicyclic) bond motifs is 1. The lowest BCUT2D eigenvalue weighted by atomic mass is 10.1. The summed E-state index contributed by atoms with van der Waals surface area (Å²) in [6.07, 6.45) is 3.31. The van der Waals surface area contributed by atoms with E-state index in [1.165, 1.54) is 24.4 Å². The predicted octanol–water partition coefficient (Wildman–Crippen LogP) is 4.78. The Balaban J connectivity index is 1.69. The molecular weight excluding hydrogens is 501 g/mol. The number of aryl methyl sites for hydroxylation is 3. The minimum absolute atomic E-state index is 0.0486. The van der Waals surface area contributed by atoms with E-state index in [1.807, 2.05) is 19.2 Å². The first-order valence-corrected chi connectivity index (χ1v) is 13.9. The average molecular weight is 530 g/mol. The zero-order valence-electron chi connectivity index (χ0n) is 20.4. The molecule has 4 aromatic rings. The second-order valence-electron chi connectivity index (χ2n) is 8.55. The van der Waals surface area contributed by atoms with E-state index in [9.17, 15) is 13.2 Å². The third-order valence-electron chi connectivity index (χ3n) is 5.90. The number of nitrogens with one attached hydrogen (secondary N) is 1. The van der Waals surface area contributed by atoms with Crippen LogP contribution < -0.4 is 10.1 Å². The normalized spacial score (nSPS) is 11.7. The van der Waals surface area contributed by atoms with Crippen LogP contribution in [0, 0.1) is 19.7 Å². The molecule has 1 amide bonds. The van der Waals surface area contributed by atoms with Gasteiger partial charge in [0.2, 0.25) is 5.91 Å². The monoisotopic (exact) mass is 529 g/mol. The maximum Gasteiger partial charge on any atom is 0.268 e. The zero-order valence-corrected chi connectivity index (χ0v) is 22.0. The van der Waals surface area contributed by atoms with Crippen LogP contribution in [0.5, 0.6) is 5.75 Å². The van der Waals surface area contributed by atoms with Crippen LogP contribution in [-0.4, -0.2) is 36.9 Å². The van der Waals surface area contributed by atoms with E-state index in [-0.39, 0.29) is 28.7 Å². The topological polar surface area (TPSA) is 90.3 Å².